The number of urea groups is 1. The monoisotopic (exact) mass is 382 g/mol. The lowest BCUT2D eigenvalue weighted by Crippen LogP contribution is -2.33. The molecular formula is C20H19FN4O3. The summed E-state index contributed by atoms with van der Waals surface area (Å²) in [5.41, 5.74) is 0.0408. The third-order valence-electron chi connectivity index (χ3n) is 4.64. The molecule has 4 rings (SSSR count). The van der Waals surface area contributed by atoms with Crippen molar-refractivity contribution >= 4 is 28.4 Å². The smallest absolute Gasteiger partial charge is 0.349 e. The lowest BCUT2D eigenvalue weighted by molar-refractivity contribution is 0.0964. The molecule has 0 bridgehead atoms. The number of amides is 2. The van der Waals surface area contributed by atoms with E-state index in [0.717, 1.165) is 12.8 Å². The standard InChI is InChI=1S/C20H19FN4O3/c21-15-8-2-4-10-17(15)22-19(26)24-18-14-7-1-3-9-16(14)23-20(27)25(18)12-13-6-5-11-28-13/h1-4,7-10,13H,5-6,11-12H2,(H2,22,24,26). The molecule has 1 atom stereocenters. The highest BCUT2D eigenvalue weighted by atomic mass is 19.1. The van der Waals surface area contributed by atoms with Gasteiger partial charge in [-0.25, -0.2) is 14.0 Å². The van der Waals surface area contributed by atoms with E-state index in [1.165, 1.54) is 22.8 Å². The Hall–Kier alpha value is -3.26. The molecule has 2 amide bonds. The van der Waals surface area contributed by atoms with Crippen LogP contribution in [0.5, 0.6) is 0 Å². The lowest BCUT2D eigenvalue weighted by atomic mass is 10.2. The minimum Gasteiger partial charge on any atom is -0.376 e. The predicted molar refractivity (Wildman–Crippen MR) is 104 cm³/mol. The van der Waals surface area contributed by atoms with E-state index in [1.54, 1.807) is 30.3 Å². The number of carbonyl (C=O) groups is 1. The molecule has 2 N–H and O–H groups in total. The molecule has 28 heavy (non-hydrogen) atoms. The number of hydrogen-bond acceptors (Lipinski definition) is 4. The first-order valence-electron chi connectivity index (χ1n) is 9.05. The van der Waals surface area contributed by atoms with Gasteiger partial charge in [-0.3, -0.25) is 9.88 Å². The summed E-state index contributed by atoms with van der Waals surface area (Å²) in [4.78, 5) is 29.2. The number of carbonyl (C=O) groups excluding carboxylic acids is 1. The number of ether oxygens (including phenoxy) is 1. The van der Waals surface area contributed by atoms with Gasteiger partial charge in [0.15, 0.2) is 0 Å². The van der Waals surface area contributed by atoms with Crippen LogP contribution in [0.3, 0.4) is 0 Å². The number of halogens is 1. The van der Waals surface area contributed by atoms with Crippen LogP contribution in [0.25, 0.3) is 10.9 Å². The predicted octanol–water partition coefficient (Wildman–Crippen LogP) is 3.36. The fraction of sp³-hybridized carbons (Fsp3) is 0.250. The van der Waals surface area contributed by atoms with Crippen LogP contribution in [0.1, 0.15) is 12.8 Å². The third kappa shape index (κ3) is 3.72. The van der Waals surface area contributed by atoms with E-state index in [0.29, 0.717) is 23.3 Å². The highest BCUT2D eigenvalue weighted by Gasteiger charge is 2.21. The molecule has 144 valence electrons. The number of anilines is 2. The van der Waals surface area contributed by atoms with Crippen molar-refractivity contribution in [3.63, 3.8) is 0 Å². The van der Waals surface area contributed by atoms with E-state index >= 15 is 0 Å². The summed E-state index contributed by atoms with van der Waals surface area (Å²) in [7, 11) is 0. The molecule has 1 aliphatic rings. The molecule has 0 radical (unpaired) electrons. The summed E-state index contributed by atoms with van der Waals surface area (Å²) in [5, 5.41) is 5.78. The van der Waals surface area contributed by atoms with Crippen LogP contribution < -0.4 is 16.3 Å². The van der Waals surface area contributed by atoms with Gasteiger partial charge < -0.3 is 10.1 Å². The summed E-state index contributed by atoms with van der Waals surface area (Å²) < 4.78 is 20.9. The van der Waals surface area contributed by atoms with Crippen LogP contribution in [-0.4, -0.2) is 28.3 Å². The van der Waals surface area contributed by atoms with E-state index < -0.39 is 17.5 Å². The maximum atomic E-state index is 13.8. The molecule has 2 aromatic carbocycles. The number of nitrogens with one attached hydrogen (secondary N) is 2. The molecule has 1 aromatic heterocycles. The molecule has 1 unspecified atom stereocenters. The van der Waals surface area contributed by atoms with Crippen molar-refractivity contribution in [3.05, 3.63) is 64.8 Å². The first-order chi connectivity index (χ1) is 13.6. The third-order valence-corrected chi connectivity index (χ3v) is 4.64. The van der Waals surface area contributed by atoms with Crippen LogP contribution in [0.15, 0.2) is 53.3 Å². The average Bonchev–Trinajstić information content (AvgIpc) is 3.19. The van der Waals surface area contributed by atoms with E-state index in [-0.39, 0.29) is 18.3 Å². The number of rotatable bonds is 4. The summed E-state index contributed by atoms with van der Waals surface area (Å²) in [6.45, 7) is 0.933. The Labute approximate surface area is 160 Å². The Balaban J connectivity index is 1.70. The minimum atomic E-state index is -0.651. The summed E-state index contributed by atoms with van der Waals surface area (Å²) in [6, 6.07) is 12.3. The Bertz CT molecular complexity index is 1080. The van der Waals surface area contributed by atoms with Gasteiger partial charge in [0.2, 0.25) is 0 Å². The van der Waals surface area contributed by atoms with Gasteiger partial charge in [0.1, 0.15) is 11.6 Å². The quantitative estimate of drug-likeness (QED) is 0.725. The van der Waals surface area contributed by atoms with Crippen LogP contribution in [-0.2, 0) is 11.3 Å². The number of fused-ring (bicyclic) bond motifs is 1. The topological polar surface area (TPSA) is 85.3 Å². The second kappa shape index (κ2) is 7.77. The average molecular weight is 382 g/mol. The van der Waals surface area contributed by atoms with E-state index in [2.05, 4.69) is 15.6 Å². The van der Waals surface area contributed by atoms with Crippen molar-refractivity contribution in [1.29, 1.82) is 0 Å². The van der Waals surface area contributed by atoms with Crippen molar-refractivity contribution in [3.8, 4) is 0 Å². The van der Waals surface area contributed by atoms with E-state index in [9.17, 15) is 14.0 Å². The molecule has 8 heteroatoms. The molecular weight excluding hydrogens is 363 g/mol. The van der Waals surface area contributed by atoms with Crippen LogP contribution in [0.2, 0.25) is 0 Å². The fourth-order valence-electron chi connectivity index (χ4n) is 3.30. The van der Waals surface area contributed by atoms with Crippen molar-refractivity contribution in [2.45, 2.75) is 25.5 Å². The second-order valence-corrected chi connectivity index (χ2v) is 6.56. The van der Waals surface area contributed by atoms with Crippen LogP contribution in [0.4, 0.5) is 20.7 Å². The zero-order chi connectivity index (χ0) is 19.5. The number of benzene rings is 2. The van der Waals surface area contributed by atoms with Gasteiger partial charge in [-0.1, -0.05) is 24.3 Å². The number of hydrogen-bond donors (Lipinski definition) is 2. The molecule has 1 aliphatic heterocycles. The summed E-state index contributed by atoms with van der Waals surface area (Å²) in [5.74, 6) is -0.242. The Kier molecular flexibility index (Phi) is 5.03. The number of nitrogens with zero attached hydrogens (tertiary/aromatic N) is 2. The lowest BCUT2D eigenvalue weighted by Gasteiger charge is -2.18. The normalized spacial score (nSPS) is 16.2. The van der Waals surface area contributed by atoms with Gasteiger partial charge in [-0.15, -0.1) is 0 Å². The van der Waals surface area contributed by atoms with Crippen LogP contribution in [0, 0.1) is 5.82 Å². The SMILES string of the molecule is O=C(Nc1ccccc1F)Nc1c2ccccc2nc(=O)n1CC1CCCO1. The van der Waals surface area contributed by atoms with Gasteiger partial charge >= 0.3 is 11.7 Å². The van der Waals surface area contributed by atoms with E-state index in [4.69, 9.17) is 4.74 Å². The maximum absolute atomic E-state index is 13.8. The Morgan fingerprint density at radius 3 is 2.75 bits per heavy atom. The van der Waals surface area contributed by atoms with Crippen molar-refractivity contribution in [2.24, 2.45) is 0 Å². The van der Waals surface area contributed by atoms with Gasteiger partial charge in [0.05, 0.1) is 23.9 Å². The summed E-state index contributed by atoms with van der Waals surface area (Å²) >= 11 is 0. The maximum Gasteiger partial charge on any atom is 0.349 e. The van der Waals surface area contributed by atoms with Crippen molar-refractivity contribution in [1.82, 2.24) is 9.55 Å². The van der Waals surface area contributed by atoms with Gasteiger partial charge in [0, 0.05) is 12.0 Å². The zero-order valence-corrected chi connectivity index (χ0v) is 15.0. The number of para-hydroxylation sites is 2. The van der Waals surface area contributed by atoms with Crippen molar-refractivity contribution in [2.75, 3.05) is 17.2 Å². The Morgan fingerprint density at radius 1 is 1.18 bits per heavy atom. The Morgan fingerprint density at radius 2 is 1.96 bits per heavy atom. The molecule has 0 saturated carbocycles. The number of aromatic nitrogens is 2. The minimum absolute atomic E-state index is 0.0476. The highest BCUT2D eigenvalue weighted by Crippen LogP contribution is 2.23. The molecule has 3 aromatic rings. The van der Waals surface area contributed by atoms with Gasteiger partial charge in [-0.2, -0.15) is 4.98 Å². The molecule has 2 heterocycles. The first-order valence-corrected chi connectivity index (χ1v) is 9.05. The zero-order valence-electron chi connectivity index (χ0n) is 15.0. The fourth-order valence-corrected chi connectivity index (χ4v) is 3.30. The molecule has 0 spiro atoms. The molecule has 1 fully saturated rings. The largest absolute Gasteiger partial charge is 0.376 e. The molecule has 0 aliphatic carbocycles. The van der Waals surface area contributed by atoms with Crippen LogP contribution >= 0.6 is 0 Å². The molecule has 7 nitrogen and oxygen atoms in total. The van der Waals surface area contributed by atoms with Gasteiger partial charge in [-0.05, 0) is 37.1 Å². The summed E-state index contributed by atoms with van der Waals surface area (Å²) in [6.07, 6.45) is 1.65. The second-order valence-electron chi connectivity index (χ2n) is 6.56. The highest BCUT2D eigenvalue weighted by molar-refractivity contribution is 6.04. The van der Waals surface area contributed by atoms with Crippen molar-refractivity contribution < 1.29 is 13.9 Å². The molecule has 1 saturated heterocycles. The first kappa shape index (κ1) is 18.1. The van der Waals surface area contributed by atoms with E-state index in [1.807, 2.05) is 0 Å². The van der Waals surface area contributed by atoms with Gasteiger partial charge in [0.25, 0.3) is 0 Å².